The molecule has 0 heterocycles. The van der Waals surface area contributed by atoms with Gasteiger partial charge in [-0.3, -0.25) is 0 Å². The summed E-state index contributed by atoms with van der Waals surface area (Å²) in [5.74, 6) is 0. The summed E-state index contributed by atoms with van der Waals surface area (Å²) in [5, 5.41) is 31.5. The lowest BCUT2D eigenvalue weighted by atomic mass is 10.4. The molecule has 4 N–H and O–H groups in total. The molecule has 0 bridgehead atoms. The van der Waals surface area contributed by atoms with Gasteiger partial charge in [-0.1, -0.05) is 11.6 Å². The smallest absolute Gasteiger partial charge is 0.155 e. The maximum absolute atomic E-state index is 8.30. The van der Waals surface area contributed by atoms with Crippen LogP contribution in [0.2, 0.25) is 0 Å². The van der Waals surface area contributed by atoms with E-state index in [0.29, 0.717) is 0 Å². The van der Waals surface area contributed by atoms with Crippen LogP contribution in [0, 0.1) is 0 Å². The van der Waals surface area contributed by atoms with E-state index < -0.39 is 18.3 Å². The zero-order chi connectivity index (χ0) is 7.86. The average Bonchev–Trinajstić information content (AvgIpc) is 1.91. The number of aliphatic hydroxyl groups excluding tert-OH is 4. The van der Waals surface area contributed by atoms with Crippen molar-refractivity contribution in [2.45, 2.75) is 11.7 Å². The fourth-order valence-electron chi connectivity index (χ4n) is 0.0870. The van der Waals surface area contributed by atoms with Crippen LogP contribution in [0.3, 0.4) is 0 Å². The fraction of sp³-hybridized carbons (Fsp3) is 1.00. The summed E-state index contributed by atoms with van der Waals surface area (Å²) in [6, 6.07) is 0. The molecular weight excluding hydrogens is 147 g/mol. The number of hydrogen-bond acceptors (Lipinski definition) is 4. The molecule has 0 amide bonds. The highest BCUT2D eigenvalue weighted by molar-refractivity contribution is 6.19. The van der Waals surface area contributed by atoms with Crippen LogP contribution in [0.25, 0.3) is 0 Å². The standard InChI is InChI=1S/C3H7ClO3.CH4O/c4-3(7)2(6)1-5;1-2/h2-3,5-7H,1H2;2H,1H3. The van der Waals surface area contributed by atoms with Crippen molar-refractivity contribution in [3.8, 4) is 0 Å². The fourth-order valence-corrected chi connectivity index (χ4v) is 0.167. The molecule has 0 rings (SSSR count). The number of alkyl halides is 1. The number of halogens is 1. The highest BCUT2D eigenvalue weighted by atomic mass is 35.5. The first kappa shape index (κ1) is 11.9. The van der Waals surface area contributed by atoms with Gasteiger partial charge in [-0.2, -0.15) is 0 Å². The second-order valence-electron chi connectivity index (χ2n) is 1.12. The predicted octanol–water partition coefficient (Wildman–Crippen LogP) is -1.49. The van der Waals surface area contributed by atoms with Crippen LogP contribution in [0.15, 0.2) is 0 Å². The van der Waals surface area contributed by atoms with Crippen LogP contribution in [-0.2, 0) is 0 Å². The van der Waals surface area contributed by atoms with Crippen molar-refractivity contribution in [1.29, 1.82) is 0 Å². The van der Waals surface area contributed by atoms with Crippen molar-refractivity contribution in [1.82, 2.24) is 0 Å². The SMILES string of the molecule is CO.OCC(O)C(O)Cl. The molecule has 0 aliphatic heterocycles. The molecule has 0 aliphatic carbocycles. The van der Waals surface area contributed by atoms with E-state index in [1.165, 1.54) is 0 Å². The molecule has 0 fully saturated rings. The van der Waals surface area contributed by atoms with E-state index in [4.69, 9.17) is 32.0 Å². The predicted molar refractivity (Wildman–Crippen MR) is 33.1 cm³/mol. The minimum atomic E-state index is -1.36. The maximum atomic E-state index is 8.30. The van der Waals surface area contributed by atoms with Crippen molar-refractivity contribution in [2.24, 2.45) is 0 Å². The Morgan fingerprint density at radius 1 is 1.33 bits per heavy atom. The summed E-state index contributed by atoms with van der Waals surface area (Å²) in [6.45, 7) is -0.509. The Morgan fingerprint density at radius 3 is 1.67 bits per heavy atom. The Labute approximate surface area is 58.3 Å². The van der Waals surface area contributed by atoms with Crippen molar-refractivity contribution < 1.29 is 20.4 Å². The molecule has 0 aliphatic rings. The minimum Gasteiger partial charge on any atom is -0.400 e. The van der Waals surface area contributed by atoms with Gasteiger partial charge in [0.2, 0.25) is 0 Å². The van der Waals surface area contributed by atoms with E-state index in [0.717, 1.165) is 7.11 Å². The van der Waals surface area contributed by atoms with Gasteiger partial charge in [0.15, 0.2) is 5.56 Å². The van der Waals surface area contributed by atoms with Crippen LogP contribution in [-0.4, -0.2) is 45.8 Å². The average molecular weight is 159 g/mol. The third-order valence-electron chi connectivity index (χ3n) is 0.505. The van der Waals surface area contributed by atoms with Gasteiger partial charge in [0.05, 0.1) is 6.61 Å². The van der Waals surface area contributed by atoms with Gasteiger partial charge < -0.3 is 20.4 Å². The maximum Gasteiger partial charge on any atom is 0.155 e. The quantitative estimate of drug-likeness (QED) is 0.369. The third-order valence-corrected chi connectivity index (χ3v) is 0.795. The Morgan fingerprint density at radius 2 is 1.67 bits per heavy atom. The number of hydrogen-bond donors (Lipinski definition) is 4. The van der Waals surface area contributed by atoms with Crippen molar-refractivity contribution >= 4 is 11.6 Å². The van der Waals surface area contributed by atoms with Crippen molar-refractivity contribution in [3.63, 3.8) is 0 Å². The van der Waals surface area contributed by atoms with E-state index in [9.17, 15) is 0 Å². The highest BCUT2D eigenvalue weighted by Gasteiger charge is 2.09. The molecular formula is C4H11ClO4. The second-order valence-corrected chi connectivity index (χ2v) is 1.57. The first-order valence-corrected chi connectivity index (χ1v) is 2.68. The van der Waals surface area contributed by atoms with Crippen LogP contribution in [0.1, 0.15) is 0 Å². The summed E-state index contributed by atoms with van der Waals surface area (Å²) in [7, 11) is 1.00. The van der Waals surface area contributed by atoms with Gasteiger partial charge in [-0.05, 0) is 0 Å². The van der Waals surface area contributed by atoms with Gasteiger partial charge in [0, 0.05) is 7.11 Å². The molecule has 0 spiro atoms. The van der Waals surface area contributed by atoms with E-state index in [1.807, 2.05) is 0 Å². The normalized spacial score (nSPS) is 15.3. The summed E-state index contributed by atoms with van der Waals surface area (Å²) in [6.07, 6.45) is -1.22. The van der Waals surface area contributed by atoms with E-state index >= 15 is 0 Å². The van der Waals surface area contributed by atoms with Crippen LogP contribution in [0.4, 0.5) is 0 Å². The topological polar surface area (TPSA) is 80.9 Å². The lowest BCUT2D eigenvalue weighted by Crippen LogP contribution is -2.23. The highest BCUT2D eigenvalue weighted by Crippen LogP contribution is 1.95. The molecule has 2 atom stereocenters. The van der Waals surface area contributed by atoms with E-state index in [2.05, 4.69) is 0 Å². The Hall–Kier alpha value is 0.130. The Balaban J connectivity index is 0. The summed E-state index contributed by atoms with van der Waals surface area (Å²) < 4.78 is 0. The lowest BCUT2D eigenvalue weighted by Gasteiger charge is -2.05. The minimum absolute atomic E-state index is 0.509. The van der Waals surface area contributed by atoms with Gasteiger partial charge >= 0.3 is 0 Å². The molecule has 0 saturated heterocycles. The van der Waals surface area contributed by atoms with E-state index in [-0.39, 0.29) is 0 Å². The lowest BCUT2D eigenvalue weighted by molar-refractivity contribution is 0.0250. The molecule has 9 heavy (non-hydrogen) atoms. The summed E-state index contributed by atoms with van der Waals surface area (Å²) in [5.41, 5.74) is -1.36. The molecule has 5 heteroatoms. The number of aliphatic hydroxyl groups is 4. The third kappa shape index (κ3) is 8.13. The molecule has 0 saturated carbocycles. The zero-order valence-corrected chi connectivity index (χ0v) is 5.78. The van der Waals surface area contributed by atoms with E-state index in [1.54, 1.807) is 0 Å². The van der Waals surface area contributed by atoms with Crippen molar-refractivity contribution in [3.05, 3.63) is 0 Å². The summed E-state index contributed by atoms with van der Waals surface area (Å²) >= 11 is 4.87. The van der Waals surface area contributed by atoms with Gasteiger partial charge in [0.25, 0.3) is 0 Å². The Kier molecular flexibility index (Phi) is 10.7. The molecule has 0 aromatic heterocycles. The monoisotopic (exact) mass is 158 g/mol. The van der Waals surface area contributed by atoms with Gasteiger partial charge in [-0.15, -0.1) is 0 Å². The van der Waals surface area contributed by atoms with Gasteiger partial charge in [-0.25, -0.2) is 0 Å². The number of rotatable bonds is 2. The largest absolute Gasteiger partial charge is 0.400 e. The molecule has 4 nitrogen and oxygen atoms in total. The molecule has 2 unspecified atom stereocenters. The first-order chi connectivity index (χ1) is 4.18. The summed E-state index contributed by atoms with van der Waals surface area (Å²) in [4.78, 5) is 0. The van der Waals surface area contributed by atoms with Crippen molar-refractivity contribution in [2.75, 3.05) is 13.7 Å². The molecule has 58 valence electrons. The molecule has 0 radical (unpaired) electrons. The second kappa shape index (κ2) is 8.13. The van der Waals surface area contributed by atoms with Crippen LogP contribution >= 0.6 is 11.6 Å². The van der Waals surface area contributed by atoms with Crippen LogP contribution < -0.4 is 0 Å². The van der Waals surface area contributed by atoms with Gasteiger partial charge in [0.1, 0.15) is 6.10 Å². The zero-order valence-electron chi connectivity index (χ0n) is 5.03. The van der Waals surface area contributed by atoms with Crippen LogP contribution in [0.5, 0.6) is 0 Å². The Bertz CT molecular complexity index is 49.8. The first-order valence-electron chi connectivity index (χ1n) is 2.24. The molecule has 0 aromatic carbocycles. The molecule has 0 aromatic rings.